The number of nitrogens with zero attached hydrogens (tertiary/aromatic N) is 1. The Morgan fingerprint density at radius 2 is 1.81 bits per heavy atom. The number of hydrogen-bond donors (Lipinski definition) is 8. The van der Waals surface area contributed by atoms with Crippen molar-refractivity contribution in [3.8, 4) is 5.75 Å². The molecule has 16 heteroatoms. The van der Waals surface area contributed by atoms with Crippen LogP contribution in [0.5, 0.6) is 5.75 Å². The summed E-state index contributed by atoms with van der Waals surface area (Å²) in [5, 5.41) is 61.9. The normalized spacial score (nSPS) is 23.1. The molecule has 0 bridgehead atoms. The molecule has 2 heterocycles. The molecule has 0 amide bonds. The fourth-order valence-corrected chi connectivity index (χ4v) is 7.30. The van der Waals surface area contributed by atoms with Crippen molar-refractivity contribution < 1.29 is 52.1 Å². The van der Waals surface area contributed by atoms with Gasteiger partial charge in [0.2, 0.25) is 0 Å². The Morgan fingerprint density at radius 3 is 2.22 bits per heavy atom. The zero-order chi connectivity index (χ0) is 21.2. The van der Waals surface area contributed by atoms with Crippen molar-refractivity contribution >= 4 is 37.9 Å². The zero-order valence-electron chi connectivity index (χ0n) is 13.6. The number of sulfone groups is 1. The Balaban J connectivity index is 2.75. The number of nitrogens with two attached hydrogens (primary N) is 1. The van der Waals surface area contributed by atoms with Gasteiger partial charge in [0.05, 0.1) is 6.04 Å². The van der Waals surface area contributed by atoms with E-state index in [1.807, 2.05) is 0 Å². The van der Waals surface area contributed by atoms with E-state index in [0.29, 0.717) is 0 Å². The van der Waals surface area contributed by atoms with Crippen molar-refractivity contribution in [1.82, 2.24) is 5.32 Å². The molecule has 13 nitrogen and oxygen atoms in total. The first kappa shape index (κ1) is 22.1. The fourth-order valence-electron chi connectivity index (χ4n) is 2.56. The quantitative estimate of drug-likeness (QED) is 0.122. The van der Waals surface area contributed by atoms with E-state index in [0.717, 1.165) is 4.58 Å². The molecule has 1 aromatic rings. The lowest BCUT2D eigenvalue weighted by Crippen LogP contribution is -2.64. The highest BCUT2D eigenvalue weighted by Gasteiger charge is 2.54. The lowest BCUT2D eigenvalue weighted by Gasteiger charge is -2.36. The van der Waals surface area contributed by atoms with Gasteiger partial charge in [0.15, 0.2) is 9.96 Å². The van der Waals surface area contributed by atoms with Gasteiger partial charge in [-0.1, -0.05) is 0 Å². The van der Waals surface area contributed by atoms with E-state index >= 15 is 0 Å². The SMILES string of the molecule is C=[N+](C)C1CC(NC(O)(O)C(O)(O)O)c2c(sc(S(N)(=O)=O)c2O)S1(=O)=O. The smallest absolute Gasteiger partial charge is 0.348 e. The average molecular weight is 448 g/mol. The Bertz CT molecular complexity index is 990. The van der Waals surface area contributed by atoms with Crippen LogP contribution < -0.4 is 10.5 Å². The average Bonchev–Trinajstić information content (AvgIpc) is 2.79. The minimum absolute atomic E-state index is 0.138. The van der Waals surface area contributed by atoms with Crippen molar-refractivity contribution in [2.45, 2.75) is 38.1 Å². The van der Waals surface area contributed by atoms with Crippen LogP contribution in [0.15, 0.2) is 8.42 Å². The second kappa shape index (κ2) is 6.41. The summed E-state index contributed by atoms with van der Waals surface area (Å²) in [5.41, 5.74) is -0.584. The summed E-state index contributed by atoms with van der Waals surface area (Å²) in [4.78, 5) is 0. The number of sulfonamides is 1. The van der Waals surface area contributed by atoms with Crippen LogP contribution in [0.2, 0.25) is 0 Å². The first-order valence-corrected chi connectivity index (χ1v) is 10.9. The first-order valence-electron chi connectivity index (χ1n) is 6.96. The van der Waals surface area contributed by atoms with Crippen molar-refractivity contribution in [2.75, 3.05) is 7.05 Å². The largest absolute Gasteiger partial charge is 0.505 e. The maximum atomic E-state index is 12.7. The number of fused-ring (bicyclic) bond motifs is 1. The fraction of sp³-hybridized carbons (Fsp3) is 0.545. The Morgan fingerprint density at radius 1 is 1.30 bits per heavy atom. The molecule has 154 valence electrons. The Kier molecular flexibility index (Phi) is 5.24. The predicted molar refractivity (Wildman–Crippen MR) is 88.7 cm³/mol. The van der Waals surface area contributed by atoms with Crippen LogP contribution in [0.1, 0.15) is 18.0 Å². The van der Waals surface area contributed by atoms with Gasteiger partial charge in [-0.2, -0.15) is 0 Å². The lowest BCUT2D eigenvalue weighted by molar-refractivity contribution is -0.508. The minimum atomic E-state index is -4.54. The third kappa shape index (κ3) is 3.73. The second-order valence-corrected chi connectivity index (χ2v) is 11.1. The van der Waals surface area contributed by atoms with Gasteiger partial charge in [-0.05, 0) is 0 Å². The number of nitrogens with one attached hydrogen (secondary N) is 1. The van der Waals surface area contributed by atoms with Crippen LogP contribution in [0.3, 0.4) is 0 Å². The molecule has 2 unspecified atom stereocenters. The summed E-state index contributed by atoms with van der Waals surface area (Å²) in [7, 11) is -7.52. The van der Waals surface area contributed by atoms with Gasteiger partial charge in [-0.3, -0.25) is 5.32 Å². The third-order valence-corrected chi connectivity index (χ3v) is 9.24. The van der Waals surface area contributed by atoms with Crippen molar-refractivity contribution in [3.05, 3.63) is 5.56 Å². The van der Waals surface area contributed by atoms with Gasteiger partial charge in [0.25, 0.3) is 25.2 Å². The van der Waals surface area contributed by atoms with E-state index in [2.05, 4.69) is 6.72 Å². The highest BCUT2D eigenvalue weighted by molar-refractivity contribution is 7.95. The van der Waals surface area contributed by atoms with E-state index in [1.54, 1.807) is 5.32 Å². The molecule has 9 N–H and O–H groups in total. The molecular weight excluding hydrogens is 430 g/mol. The van der Waals surface area contributed by atoms with Crippen molar-refractivity contribution in [1.29, 1.82) is 0 Å². The number of aliphatic hydroxyl groups is 5. The molecule has 0 aliphatic carbocycles. The van der Waals surface area contributed by atoms with E-state index in [1.165, 1.54) is 7.05 Å². The zero-order valence-corrected chi connectivity index (χ0v) is 16.1. The summed E-state index contributed by atoms with van der Waals surface area (Å²) in [6, 6.07) is -1.56. The lowest BCUT2D eigenvalue weighted by atomic mass is 10.0. The molecule has 0 spiro atoms. The van der Waals surface area contributed by atoms with Gasteiger partial charge in [-0.15, -0.1) is 11.3 Å². The molecular formula is C11H18N3O10S3+. The summed E-state index contributed by atoms with van der Waals surface area (Å²) >= 11 is 0.138. The highest BCUT2D eigenvalue weighted by atomic mass is 32.3. The molecule has 1 aromatic heterocycles. The summed E-state index contributed by atoms with van der Waals surface area (Å²) < 4.78 is 48.1. The van der Waals surface area contributed by atoms with Gasteiger partial charge < -0.3 is 30.6 Å². The summed E-state index contributed by atoms with van der Waals surface area (Å²) in [5.74, 6) is -8.92. The van der Waals surface area contributed by atoms with Crippen LogP contribution in [-0.4, -0.2) is 83.1 Å². The van der Waals surface area contributed by atoms with Gasteiger partial charge >= 0.3 is 11.9 Å². The van der Waals surface area contributed by atoms with Crippen LogP contribution in [0.25, 0.3) is 0 Å². The standard InChI is InChI=1S/C11H17N3O10S3/c1-14(2)5-3-4(13-10(16,17)11(18,19)20)6-7(15)9(27(12,23)24)25-8(6)26(5,21)22/h4-5,13,16-20H,1,3H2,2H3,(H2-,12,15,23,24)/p+1. The molecule has 1 aliphatic rings. The molecule has 2 rings (SSSR count). The van der Waals surface area contributed by atoms with Crippen LogP contribution in [0, 0.1) is 0 Å². The second-order valence-electron chi connectivity index (χ2n) is 5.98. The topological polar surface area (TPSA) is 231 Å². The maximum Gasteiger partial charge on any atom is 0.348 e. The molecule has 0 fully saturated rings. The van der Waals surface area contributed by atoms with Gasteiger partial charge in [0.1, 0.15) is 18.0 Å². The molecule has 0 saturated heterocycles. The Hall–Kier alpha value is -1.21. The predicted octanol–water partition coefficient (Wildman–Crippen LogP) is -4.15. The van der Waals surface area contributed by atoms with E-state index < -0.39 is 69.3 Å². The maximum absolute atomic E-state index is 12.7. The minimum Gasteiger partial charge on any atom is -0.505 e. The number of primary sulfonamides is 1. The number of thiophene rings is 1. The van der Waals surface area contributed by atoms with E-state index in [-0.39, 0.29) is 11.3 Å². The van der Waals surface area contributed by atoms with Crippen LogP contribution in [0.4, 0.5) is 0 Å². The third-order valence-electron chi connectivity index (χ3n) is 3.85. The highest BCUT2D eigenvalue weighted by Crippen LogP contribution is 2.49. The molecule has 0 aromatic carbocycles. The Labute approximate surface area is 157 Å². The van der Waals surface area contributed by atoms with Crippen LogP contribution in [-0.2, 0) is 19.9 Å². The van der Waals surface area contributed by atoms with Crippen molar-refractivity contribution in [3.63, 3.8) is 0 Å². The molecule has 2 atom stereocenters. The van der Waals surface area contributed by atoms with Gasteiger partial charge in [-0.25, -0.2) is 26.6 Å². The first-order chi connectivity index (χ1) is 11.9. The molecule has 27 heavy (non-hydrogen) atoms. The van der Waals surface area contributed by atoms with E-state index in [9.17, 15) is 32.2 Å². The van der Waals surface area contributed by atoms with Crippen LogP contribution >= 0.6 is 11.3 Å². The monoisotopic (exact) mass is 448 g/mol. The summed E-state index contributed by atoms with van der Waals surface area (Å²) in [6.07, 6.45) is -0.539. The number of hydrogen-bond acceptors (Lipinski definition) is 12. The molecule has 1 aliphatic heterocycles. The number of rotatable bonds is 5. The van der Waals surface area contributed by atoms with Crippen molar-refractivity contribution in [2.24, 2.45) is 5.14 Å². The molecule has 0 radical (unpaired) electrons. The van der Waals surface area contributed by atoms with Gasteiger partial charge in [0, 0.05) is 12.0 Å². The van der Waals surface area contributed by atoms with E-state index in [4.69, 9.17) is 20.5 Å². The number of aromatic hydroxyl groups is 1. The summed E-state index contributed by atoms with van der Waals surface area (Å²) in [6.45, 7) is 3.44. The molecule has 0 saturated carbocycles.